The Morgan fingerprint density at radius 1 is 1.00 bits per heavy atom. The fraction of sp³-hybridized carbons (Fsp3) is 1.00. The maximum Gasteiger partial charge on any atom is 0.126 e. The Hall–Kier alpha value is -0.200. The summed E-state index contributed by atoms with van der Waals surface area (Å²) < 4.78 is 27.6. The van der Waals surface area contributed by atoms with Crippen molar-refractivity contribution in [3.05, 3.63) is 0 Å². The fourth-order valence-electron chi connectivity index (χ4n) is 2.66. The van der Waals surface area contributed by atoms with Crippen LogP contribution in [-0.2, 0) is 23.7 Å². The monoisotopic (exact) mass is 232 g/mol. The summed E-state index contributed by atoms with van der Waals surface area (Å²) in [6.07, 6.45) is 0.634. The topological polar surface area (TPSA) is 46.2 Å². The summed E-state index contributed by atoms with van der Waals surface area (Å²) in [5, 5.41) is 0. The van der Waals surface area contributed by atoms with E-state index in [1.807, 2.05) is 0 Å². The van der Waals surface area contributed by atoms with Crippen LogP contribution in [0.15, 0.2) is 0 Å². The van der Waals surface area contributed by atoms with Gasteiger partial charge in [0.15, 0.2) is 0 Å². The quantitative estimate of drug-likeness (QED) is 0.694. The van der Waals surface area contributed by atoms with Crippen molar-refractivity contribution in [1.29, 1.82) is 0 Å². The Balaban J connectivity index is 2.14. The smallest absolute Gasteiger partial charge is 0.126 e. The van der Waals surface area contributed by atoms with Crippen LogP contribution in [0.4, 0.5) is 0 Å². The molecule has 1 unspecified atom stereocenters. The predicted molar refractivity (Wildman–Crippen MR) is 56.5 cm³/mol. The maximum absolute atomic E-state index is 5.86. The molecule has 1 aliphatic heterocycles. The van der Waals surface area contributed by atoms with E-state index in [2.05, 4.69) is 0 Å². The van der Waals surface area contributed by atoms with E-state index in [4.69, 9.17) is 23.7 Å². The summed E-state index contributed by atoms with van der Waals surface area (Å²) in [6.45, 7) is 0.523. The molecule has 1 spiro atoms. The van der Waals surface area contributed by atoms with Gasteiger partial charge in [-0.15, -0.1) is 0 Å². The first-order valence-corrected chi connectivity index (χ1v) is 5.48. The molecule has 0 aromatic rings. The SMILES string of the molecule is CO[C@@H]1[C@@H](OC)COC2(C[C@@H]2OC)[C@H]1OC. The normalized spacial score (nSPS) is 47.2. The second-order valence-electron chi connectivity index (χ2n) is 4.33. The van der Waals surface area contributed by atoms with Crippen LogP contribution in [0.25, 0.3) is 0 Å². The molecule has 1 saturated carbocycles. The second-order valence-corrected chi connectivity index (χ2v) is 4.33. The van der Waals surface area contributed by atoms with Gasteiger partial charge >= 0.3 is 0 Å². The molecule has 0 amide bonds. The molecule has 0 radical (unpaired) electrons. The van der Waals surface area contributed by atoms with Crippen molar-refractivity contribution < 1.29 is 23.7 Å². The molecule has 0 aromatic heterocycles. The summed E-state index contributed by atoms with van der Waals surface area (Å²) in [7, 11) is 6.70. The third-order valence-electron chi connectivity index (χ3n) is 3.67. The molecule has 0 bridgehead atoms. The first-order valence-electron chi connectivity index (χ1n) is 5.48. The minimum atomic E-state index is -0.334. The number of ether oxygens (including phenoxy) is 5. The molecule has 2 rings (SSSR count). The number of hydrogen-bond donors (Lipinski definition) is 0. The van der Waals surface area contributed by atoms with Crippen molar-refractivity contribution in [2.24, 2.45) is 0 Å². The first kappa shape index (κ1) is 12.3. The number of hydrogen-bond acceptors (Lipinski definition) is 5. The molecular weight excluding hydrogens is 212 g/mol. The van der Waals surface area contributed by atoms with Gasteiger partial charge in [-0.05, 0) is 0 Å². The Morgan fingerprint density at radius 2 is 1.75 bits per heavy atom. The molecule has 1 aliphatic carbocycles. The van der Waals surface area contributed by atoms with Gasteiger partial charge in [-0.1, -0.05) is 0 Å². The Labute approximate surface area is 95.9 Å². The minimum Gasteiger partial charge on any atom is -0.378 e. The lowest BCUT2D eigenvalue weighted by atomic mass is 9.97. The van der Waals surface area contributed by atoms with Gasteiger partial charge in [-0.3, -0.25) is 0 Å². The molecule has 1 saturated heterocycles. The van der Waals surface area contributed by atoms with Crippen LogP contribution in [0.2, 0.25) is 0 Å². The average molecular weight is 232 g/mol. The van der Waals surface area contributed by atoms with Crippen LogP contribution < -0.4 is 0 Å². The fourth-order valence-corrected chi connectivity index (χ4v) is 2.66. The van der Waals surface area contributed by atoms with Gasteiger partial charge in [0.1, 0.15) is 23.9 Å². The van der Waals surface area contributed by atoms with Crippen LogP contribution in [-0.4, -0.2) is 65.1 Å². The van der Waals surface area contributed by atoms with E-state index in [1.165, 1.54) is 0 Å². The lowest BCUT2D eigenvalue weighted by Gasteiger charge is -2.41. The van der Waals surface area contributed by atoms with Crippen molar-refractivity contribution in [3.63, 3.8) is 0 Å². The molecule has 16 heavy (non-hydrogen) atoms. The molecule has 2 aliphatic rings. The first-order chi connectivity index (χ1) is 7.73. The van der Waals surface area contributed by atoms with E-state index in [0.717, 1.165) is 6.42 Å². The maximum atomic E-state index is 5.86. The zero-order chi connectivity index (χ0) is 11.8. The van der Waals surface area contributed by atoms with Crippen molar-refractivity contribution in [3.8, 4) is 0 Å². The van der Waals surface area contributed by atoms with E-state index in [-0.39, 0.29) is 30.0 Å². The van der Waals surface area contributed by atoms with Gasteiger partial charge in [0, 0.05) is 34.9 Å². The molecule has 2 fully saturated rings. The largest absolute Gasteiger partial charge is 0.378 e. The Morgan fingerprint density at radius 3 is 2.19 bits per heavy atom. The van der Waals surface area contributed by atoms with Crippen LogP contribution in [0.5, 0.6) is 0 Å². The molecule has 5 heteroatoms. The van der Waals surface area contributed by atoms with E-state index in [9.17, 15) is 0 Å². The van der Waals surface area contributed by atoms with E-state index in [1.54, 1.807) is 28.4 Å². The number of methoxy groups -OCH3 is 4. The zero-order valence-corrected chi connectivity index (χ0v) is 10.3. The van der Waals surface area contributed by atoms with Crippen LogP contribution in [0.1, 0.15) is 6.42 Å². The van der Waals surface area contributed by atoms with Crippen LogP contribution in [0.3, 0.4) is 0 Å². The van der Waals surface area contributed by atoms with Gasteiger partial charge in [0.05, 0.1) is 12.7 Å². The van der Waals surface area contributed by atoms with E-state index >= 15 is 0 Å². The highest BCUT2D eigenvalue weighted by Crippen LogP contribution is 2.50. The summed E-state index contributed by atoms with van der Waals surface area (Å²) in [5.41, 5.74) is -0.334. The molecule has 5 nitrogen and oxygen atoms in total. The van der Waals surface area contributed by atoms with Crippen molar-refractivity contribution in [2.45, 2.75) is 36.4 Å². The number of rotatable bonds is 4. The van der Waals surface area contributed by atoms with Gasteiger partial charge in [0.2, 0.25) is 0 Å². The highest BCUT2D eigenvalue weighted by Gasteiger charge is 2.67. The summed E-state index contributed by atoms with van der Waals surface area (Å²) in [6, 6.07) is 0. The van der Waals surface area contributed by atoms with E-state index < -0.39 is 0 Å². The molecule has 1 heterocycles. The summed E-state index contributed by atoms with van der Waals surface area (Å²) in [4.78, 5) is 0. The molecule has 0 aromatic carbocycles. The lowest BCUT2D eigenvalue weighted by Crippen LogP contribution is -2.58. The third kappa shape index (κ3) is 1.67. The predicted octanol–water partition coefficient (Wildman–Crippen LogP) is 0.219. The summed E-state index contributed by atoms with van der Waals surface area (Å²) in [5.74, 6) is 0. The molecular formula is C11H20O5. The highest BCUT2D eigenvalue weighted by molar-refractivity contribution is 5.17. The van der Waals surface area contributed by atoms with Gasteiger partial charge < -0.3 is 23.7 Å². The third-order valence-corrected chi connectivity index (χ3v) is 3.67. The van der Waals surface area contributed by atoms with Gasteiger partial charge in [-0.2, -0.15) is 0 Å². The van der Waals surface area contributed by atoms with Crippen LogP contribution in [0, 0.1) is 0 Å². The Kier molecular flexibility index (Phi) is 3.51. The molecule has 0 N–H and O–H groups in total. The van der Waals surface area contributed by atoms with Crippen molar-refractivity contribution in [2.75, 3.05) is 35.0 Å². The van der Waals surface area contributed by atoms with Crippen molar-refractivity contribution >= 4 is 0 Å². The highest BCUT2D eigenvalue weighted by atomic mass is 16.6. The second kappa shape index (κ2) is 4.58. The Bertz CT molecular complexity index is 247. The zero-order valence-electron chi connectivity index (χ0n) is 10.3. The van der Waals surface area contributed by atoms with Crippen molar-refractivity contribution in [1.82, 2.24) is 0 Å². The lowest BCUT2D eigenvalue weighted by molar-refractivity contribution is -0.230. The van der Waals surface area contributed by atoms with Gasteiger partial charge in [-0.25, -0.2) is 0 Å². The average Bonchev–Trinajstić information content (AvgIpc) is 3.02. The minimum absolute atomic E-state index is 0.0846. The van der Waals surface area contributed by atoms with Crippen LogP contribution >= 0.6 is 0 Å². The van der Waals surface area contributed by atoms with E-state index in [0.29, 0.717) is 6.61 Å². The van der Waals surface area contributed by atoms with Gasteiger partial charge in [0.25, 0.3) is 0 Å². The molecule has 94 valence electrons. The summed E-state index contributed by atoms with van der Waals surface area (Å²) >= 11 is 0. The molecule has 5 atom stereocenters. The standard InChI is InChI=1S/C11H20O5/c1-12-7-6-16-11(5-8(11)13-2)10(15-4)9(7)14-3/h7-10H,5-6H2,1-4H3/t7-,8-,9+,10-,11?/m0/s1.